The van der Waals surface area contributed by atoms with Gasteiger partial charge in [0, 0.05) is 36.7 Å². The van der Waals surface area contributed by atoms with Crippen molar-refractivity contribution in [1.29, 1.82) is 0 Å². The maximum Gasteiger partial charge on any atom is 0.157 e. The summed E-state index contributed by atoms with van der Waals surface area (Å²) in [6, 6.07) is 9.89. The number of piperidine rings is 1. The lowest BCUT2D eigenvalue weighted by atomic mass is 9.94. The molecule has 4 rings (SSSR count). The molecular formula is C21H27N5O2. The number of anilines is 1. The zero-order chi connectivity index (χ0) is 19.7. The summed E-state index contributed by atoms with van der Waals surface area (Å²) in [4.78, 5) is 7.29. The van der Waals surface area contributed by atoms with Gasteiger partial charge in [0.15, 0.2) is 5.65 Å². The maximum atomic E-state index is 6.22. The molecule has 148 valence electrons. The van der Waals surface area contributed by atoms with Crippen LogP contribution in [0.4, 0.5) is 5.82 Å². The summed E-state index contributed by atoms with van der Waals surface area (Å²) in [5.74, 6) is 2.73. The molecule has 2 N–H and O–H groups in total. The van der Waals surface area contributed by atoms with Crippen molar-refractivity contribution in [3.63, 3.8) is 0 Å². The van der Waals surface area contributed by atoms with Gasteiger partial charge in [-0.1, -0.05) is 0 Å². The van der Waals surface area contributed by atoms with Gasteiger partial charge in [-0.25, -0.2) is 4.98 Å². The molecule has 0 spiro atoms. The third kappa shape index (κ3) is 3.62. The van der Waals surface area contributed by atoms with Crippen LogP contribution in [0.5, 0.6) is 11.5 Å². The molecule has 7 nitrogen and oxygen atoms in total. The predicted molar refractivity (Wildman–Crippen MR) is 109 cm³/mol. The average molecular weight is 381 g/mol. The van der Waals surface area contributed by atoms with Gasteiger partial charge in [-0.3, -0.25) is 4.90 Å². The summed E-state index contributed by atoms with van der Waals surface area (Å²) in [6.45, 7) is 4.77. The lowest BCUT2D eigenvalue weighted by Crippen LogP contribution is -2.34. The molecule has 7 heteroatoms. The van der Waals surface area contributed by atoms with E-state index in [4.69, 9.17) is 20.2 Å². The van der Waals surface area contributed by atoms with Gasteiger partial charge in [0.2, 0.25) is 0 Å². The molecule has 1 aromatic carbocycles. The molecule has 1 unspecified atom stereocenters. The number of nitrogens with two attached hydrogens (primary N) is 1. The van der Waals surface area contributed by atoms with Crippen LogP contribution < -0.4 is 15.2 Å². The Balaban J connectivity index is 1.55. The first-order chi connectivity index (χ1) is 13.6. The van der Waals surface area contributed by atoms with Gasteiger partial charge in [0.05, 0.1) is 25.6 Å². The lowest BCUT2D eigenvalue weighted by Gasteiger charge is -2.33. The Kier molecular flexibility index (Phi) is 5.09. The van der Waals surface area contributed by atoms with Gasteiger partial charge in [-0.2, -0.15) is 9.61 Å². The van der Waals surface area contributed by atoms with E-state index in [9.17, 15) is 0 Å². The minimum Gasteiger partial charge on any atom is -0.497 e. The van der Waals surface area contributed by atoms with Gasteiger partial charge in [0.25, 0.3) is 0 Å². The van der Waals surface area contributed by atoms with Gasteiger partial charge in [-0.15, -0.1) is 0 Å². The average Bonchev–Trinajstić information content (AvgIpc) is 3.09. The molecule has 28 heavy (non-hydrogen) atoms. The molecule has 1 aliphatic rings. The molecule has 0 aliphatic carbocycles. The number of hydrogen-bond donors (Lipinski definition) is 1. The highest BCUT2D eigenvalue weighted by Crippen LogP contribution is 2.31. The Hall–Kier alpha value is -2.80. The zero-order valence-electron chi connectivity index (χ0n) is 16.7. The van der Waals surface area contributed by atoms with E-state index < -0.39 is 0 Å². The van der Waals surface area contributed by atoms with Crippen molar-refractivity contribution in [3.8, 4) is 11.5 Å². The molecule has 1 aliphatic heterocycles. The molecular weight excluding hydrogens is 354 g/mol. The van der Waals surface area contributed by atoms with Crippen LogP contribution in [-0.2, 0) is 6.54 Å². The number of ether oxygens (including phenoxy) is 2. The summed E-state index contributed by atoms with van der Waals surface area (Å²) in [7, 11) is 3.40. The van der Waals surface area contributed by atoms with E-state index >= 15 is 0 Å². The van der Waals surface area contributed by atoms with Gasteiger partial charge < -0.3 is 15.2 Å². The maximum absolute atomic E-state index is 6.22. The summed E-state index contributed by atoms with van der Waals surface area (Å²) < 4.78 is 12.6. The second kappa shape index (κ2) is 7.67. The number of aryl methyl sites for hydroxylation is 1. The highest BCUT2D eigenvalue weighted by Gasteiger charge is 2.24. The smallest absolute Gasteiger partial charge is 0.157 e. The SMILES string of the molecule is COc1ccc(OC)c(CN2CCCC(c3cc(N)n4nc(C)cc4n3)C2)c1. The number of benzene rings is 1. The topological polar surface area (TPSA) is 77.9 Å². The highest BCUT2D eigenvalue weighted by atomic mass is 16.5. The van der Waals surface area contributed by atoms with E-state index in [1.165, 1.54) is 0 Å². The molecule has 0 saturated carbocycles. The molecule has 1 saturated heterocycles. The van der Waals surface area contributed by atoms with Crippen LogP contribution in [0.15, 0.2) is 30.3 Å². The van der Waals surface area contributed by atoms with E-state index in [2.05, 4.69) is 16.1 Å². The number of likely N-dealkylation sites (tertiary alicyclic amines) is 1. The monoisotopic (exact) mass is 381 g/mol. The Bertz CT molecular complexity index is 984. The molecule has 1 fully saturated rings. The van der Waals surface area contributed by atoms with Crippen LogP contribution in [0, 0.1) is 6.92 Å². The number of nitrogen functional groups attached to an aromatic ring is 1. The molecule has 3 aromatic rings. The number of methoxy groups -OCH3 is 2. The predicted octanol–water partition coefficient (Wildman–Crippen LogP) is 3.02. The molecule has 0 bridgehead atoms. The summed E-state index contributed by atoms with van der Waals surface area (Å²) in [6.07, 6.45) is 2.24. The fourth-order valence-corrected chi connectivity index (χ4v) is 4.03. The van der Waals surface area contributed by atoms with E-state index in [1.807, 2.05) is 31.2 Å². The molecule has 2 aromatic heterocycles. The first-order valence-corrected chi connectivity index (χ1v) is 9.63. The number of nitrogens with zero attached hydrogens (tertiary/aromatic N) is 4. The van der Waals surface area contributed by atoms with E-state index in [1.54, 1.807) is 18.7 Å². The summed E-state index contributed by atoms with van der Waals surface area (Å²) in [5, 5.41) is 4.40. The van der Waals surface area contributed by atoms with Crippen molar-refractivity contribution in [3.05, 3.63) is 47.3 Å². The Morgan fingerprint density at radius 2 is 2.04 bits per heavy atom. The minimum atomic E-state index is 0.354. The van der Waals surface area contributed by atoms with Crippen LogP contribution in [0.25, 0.3) is 5.65 Å². The van der Waals surface area contributed by atoms with Gasteiger partial charge >= 0.3 is 0 Å². The van der Waals surface area contributed by atoms with Gasteiger partial charge in [0.1, 0.15) is 17.3 Å². The minimum absolute atomic E-state index is 0.354. The van der Waals surface area contributed by atoms with Crippen LogP contribution in [0.2, 0.25) is 0 Å². The molecule has 0 radical (unpaired) electrons. The van der Waals surface area contributed by atoms with Crippen molar-refractivity contribution in [2.75, 3.05) is 33.0 Å². The molecule has 0 amide bonds. The van der Waals surface area contributed by atoms with Crippen LogP contribution in [0.3, 0.4) is 0 Å². The fraction of sp³-hybridized carbons (Fsp3) is 0.429. The highest BCUT2D eigenvalue weighted by molar-refractivity contribution is 5.48. The van der Waals surface area contributed by atoms with Crippen LogP contribution in [-0.4, -0.2) is 46.8 Å². The molecule has 3 heterocycles. The number of aromatic nitrogens is 3. The van der Waals surface area contributed by atoms with E-state index in [0.29, 0.717) is 11.7 Å². The first kappa shape index (κ1) is 18.6. The van der Waals surface area contributed by atoms with Crippen LogP contribution >= 0.6 is 0 Å². The van der Waals surface area contributed by atoms with Crippen molar-refractivity contribution < 1.29 is 9.47 Å². The third-order valence-corrected chi connectivity index (χ3v) is 5.40. The first-order valence-electron chi connectivity index (χ1n) is 9.63. The third-order valence-electron chi connectivity index (χ3n) is 5.40. The Labute approximate surface area is 165 Å². The summed E-state index contributed by atoms with van der Waals surface area (Å²) >= 11 is 0. The Morgan fingerprint density at radius 1 is 1.18 bits per heavy atom. The van der Waals surface area contributed by atoms with Crippen molar-refractivity contribution in [2.24, 2.45) is 0 Å². The second-order valence-electron chi connectivity index (χ2n) is 7.41. The largest absolute Gasteiger partial charge is 0.497 e. The van der Waals surface area contributed by atoms with E-state index in [-0.39, 0.29) is 0 Å². The number of hydrogen-bond acceptors (Lipinski definition) is 6. The van der Waals surface area contributed by atoms with Crippen molar-refractivity contribution >= 4 is 11.5 Å². The normalized spacial score (nSPS) is 17.8. The summed E-state index contributed by atoms with van der Waals surface area (Å²) in [5.41, 5.74) is 10.1. The fourth-order valence-electron chi connectivity index (χ4n) is 4.03. The lowest BCUT2D eigenvalue weighted by molar-refractivity contribution is 0.196. The number of rotatable bonds is 5. The second-order valence-corrected chi connectivity index (χ2v) is 7.41. The van der Waals surface area contributed by atoms with Crippen molar-refractivity contribution in [1.82, 2.24) is 19.5 Å². The zero-order valence-corrected chi connectivity index (χ0v) is 16.7. The quantitative estimate of drug-likeness (QED) is 0.732. The van der Waals surface area contributed by atoms with Gasteiger partial charge in [-0.05, 0) is 44.5 Å². The Morgan fingerprint density at radius 3 is 2.82 bits per heavy atom. The molecule has 1 atom stereocenters. The van der Waals surface area contributed by atoms with Crippen LogP contribution in [0.1, 0.15) is 35.7 Å². The van der Waals surface area contributed by atoms with E-state index in [0.717, 1.165) is 66.6 Å². The van der Waals surface area contributed by atoms with Crippen molar-refractivity contribution in [2.45, 2.75) is 32.2 Å². The number of fused-ring (bicyclic) bond motifs is 1. The standard InChI is InChI=1S/C21H27N5O2/c1-14-9-21-23-18(11-20(22)26(21)24-14)15-5-4-8-25(12-15)13-16-10-17(27-2)6-7-19(16)28-3/h6-7,9-11,15H,4-5,8,12-13,22H2,1-3H3.